The number of hydrogen-bond donors (Lipinski definition) is 1. The van der Waals surface area contributed by atoms with Crippen molar-refractivity contribution >= 4 is 5.69 Å². The summed E-state index contributed by atoms with van der Waals surface area (Å²) in [6.07, 6.45) is -2.57. The van der Waals surface area contributed by atoms with E-state index in [9.17, 15) is 13.2 Å². The molecule has 0 bridgehead atoms. The topological polar surface area (TPSA) is 62.7 Å². The van der Waals surface area contributed by atoms with Gasteiger partial charge in [0.05, 0.1) is 24.4 Å². The van der Waals surface area contributed by atoms with E-state index in [1.54, 1.807) is 6.07 Å². The summed E-state index contributed by atoms with van der Waals surface area (Å²) in [4.78, 5) is 3.16. The number of rotatable bonds is 2. The van der Waals surface area contributed by atoms with Crippen LogP contribution in [0.25, 0.3) is 0 Å². The van der Waals surface area contributed by atoms with Gasteiger partial charge in [0.1, 0.15) is 11.5 Å². The number of alkyl halides is 2. The second-order valence-corrected chi connectivity index (χ2v) is 2.52. The van der Waals surface area contributed by atoms with Crippen molar-refractivity contribution < 1.29 is 13.2 Å². The maximum atomic E-state index is 12.9. The lowest BCUT2D eigenvalue weighted by Crippen LogP contribution is -2.05. The molecule has 0 aliphatic heterocycles. The fourth-order valence-electron chi connectivity index (χ4n) is 0.990. The Labute approximate surface area is 78.0 Å². The van der Waals surface area contributed by atoms with Crippen molar-refractivity contribution in [1.29, 1.82) is 5.26 Å². The van der Waals surface area contributed by atoms with Crippen LogP contribution in [-0.4, -0.2) is 4.98 Å². The van der Waals surface area contributed by atoms with Gasteiger partial charge in [0, 0.05) is 5.56 Å². The Morgan fingerprint density at radius 2 is 2.21 bits per heavy atom. The quantitative estimate of drug-likeness (QED) is 0.793. The number of anilines is 1. The maximum Gasteiger partial charge on any atom is 0.282 e. The Morgan fingerprint density at radius 1 is 1.57 bits per heavy atom. The van der Waals surface area contributed by atoms with Crippen LogP contribution in [0.15, 0.2) is 6.20 Å². The Bertz CT molecular complexity index is 384. The van der Waals surface area contributed by atoms with E-state index in [0.29, 0.717) is 6.20 Å². The molecule has 14 heavy (non-hydrogen) atoms. The minimum Gasteiger partial charge on any atom is -0.397 e. The number of halogens is 3. The fraction of sp³-hybridized carbons (Fsp3) is 0.250. The number of nitrogens with zero attached hydrogens (tertiary/aromatic N) is 2. The van der Waals surface area contributed by atoms with Crippen LogP contribution in [0.1, 0.15) is 17.7 Å². The number of aromatic nitrogens is 1. The van der Waals surface area contributed by atoms with Gasteiger partial charge >= 0.3 is 0 Å². The van der Waals surface area contributed by atoms with E-state index in [1.165, 1.54) is 0 Å². The minimum atomic E-state index is -2.87. The fourth-order valence-corrected chi connectivity index (χ4v) is 0.990. The molecule has 1 rings (SSSR count). The highest BCUT2D eigenvalue weighted by Gasteiger charge is 2.18. The van der Waals surface area contributed by atoms with Gasteiger partial charge in [0.2, 0.25) is 0 Å². The second-order valence-electron chi connectivity index (χ2n) is 2.52. The van der Waals surface area contributed by atoms with E-state index < -0.39 is 23.6 Å². The zero-order valence-electron chi connectivity index (χ0n) is 6.97. The molecule has 1 aromatic rings. The van der Waals surface area contributed by atoms with Crippen molar-refractivity contribution in [3.05, 3.63) is 23.3 Å². The van der Waals surface area contributed by atoms with Gasteiger partial charge in [-0.25, -0.2) is 13.2 Å². The monoisotopic (exact) mass is 201 g/mol. The molecule has 1 heterocycles. The third-order valence-electron chi connectivity index (χ3n) is 1.67. The third kappa shape index (κ3) is 1.76. The molecule has 0 amide bonds. The maximum absolute atomic E-state index is 12.9. The lowest BCUT2D eigenvalue weighted by Gasteiger charge is -2.07. The van der Waals surface area contributed by atoms with Crippen LogP contribution >= 0.6 is 0 Å². The summed E-state index contributed by atoms with van der Waals surface area (Å²) in [5, 5.41) is 8.32. The highest BCUT2D eigenvalue weighted by molar-refractivity contribution is 5.52. The average molecular weight is 201 g/mol. The van der Waals surface area contributed by atoms with Crippen molar-refractivity contribution in [1.82, 2.24) is 4.98 Å². The molecule has 6 heteroatoms. The summed E-state index contributed by atoms with van der Waals surface area (Å²) in [6.45, 7) is 0. The normalized spacial score (nSPS) is 10.2. The summed E-state index contributed by atoms with van der Waals surface area (Å²) < 4.78 is 37.4. The first-order valence-corrected chi connectivity index (χ1v) is 3.65. The Balaban J connectivity index is 3.27. The van der Waals surface area contributed by atoms with Crippen LogP contribution < -0.4 is 5.73 Å². The van der Waals surface area contributed by atoms with Gasteiger partial charge in [-0.1, -0.05) is 0 Å². The van der Waals surface area contributed by atoms with Crippen molar-refractivity contribution in [3.63, 3.8) is 0 Å². The number of nitrogens with two attached hydrogens (primary N) is 1. The van der Waals surface area contributed by atoms with Gasteiger partial charge in [0.15, 0.2) is 0 Å². The van der Waals surface area contributed by atoms with E-state index in [4.69, 9.17) is 11.0 Å². The van der Waals surface area contributed by atoms with Gasteiger partial charge in [-0.15, -0.1) is 0 Å². The summed E-state index contributed by atoms with van der Waals surface area (Å²) in [5.74, 6) is -0.839. The smallest absolute Gasteiger partial charge is 0.282 e. The molecule has 0 saturated heterocycles. The molecule has 0 aliphatic rings. The average Bonchev–Trinajstić information content (AvgIpc) is 2.11. The van der Waals surface area contributed by atoms with Gasteiger partial charge in [-0.3, -0.25) is 4.98 Å². The van der Waals surface area contributed by atoms with Gasteiger partial charge < -0.3 is 5.73 Å². The summed E-state index contributed by atoms with van der Waals surface area (Å²) in [7, 11) is 0. The first-order valence-electron chi connectivity index (χ1n) is 3.65. The molecule has 0 radical (unpaired) electrons. The van der Waals surface area contributed by atoms with E-state index in [2.05, 4.69) is 4.98 Å². The summed E-state index contributed by atoms with van der Waals surface area (Å²) in [5.41, 5.74) is 3.89. The number of hydrogen-bond acceptors (Lipinski definition) is 3. The molecule has 0 spiro atoms. The van der Waals surface area contributed by atoms with E-state index in [1.807, 2.05) is 0 Å². The second kappa shape index (κ2) is 3.96. The molecule has 0 fully saturated rings. The van der Waals surface area contributed by atoms with E-state index >= 15 is 0 Å². The largest absolute Gasteiger partial charge is 0.397 e. The molecule has 0 unspecified atom stereocenters. The van der Waals surface area contributed by atoms with Crippen molar-refractivity contribution in [2.45, 2.75) is 12.8 Å². The lowest BCUT2D eigenvalue weighted by molar-refractivity contribution is 0.146. The van der Waals surface area contributed by atoms with Crippen LogP contribution in [0.3, 0.4) is 0 Å². The summed E-state index contributed by atoms with van der Waals surface area (Å²) in [6, 6.07) is 1.64. The van der Waals surface area contributed by atoms with Crippen LogP contribution in [0.2, 0.25) is 0 Å². The minimum absolute atomic E-state index is 0.224. The van der Waals surface area contributed by atoms with Gasteiger partial charge in [-0.2, -0.15) is 5.26 Å². The zero-order chi connectivity index (χ0) is 10.7. The molecule has 2 N–H and O–H groups in total. The lowest BCUT2D eigenvalue weighted by atomic mass is 10.1. The van der Waals surface area contributed by atoms with Crippen LogP contribution in [0.5, 0.6) is 0 Å². The Kier molecular flexibility index (Phi) is 2.92. The first-order chi connectivity index (χ1) is 6.57. The molecule has 0 saturated carbocycles. The zero-order valence-corrected chi connectivity index (χ0v) is 6.97. The highest BCUT2D eigenvalue weighted by atomic mass is 19.3. The number of nitriles is 1. The summed E-state index contributed by atoms with van der Waals surface area (Å²) >= 11 is 0. The number of pyridine rings is 1. The van der Waals surface area contributed by atoms with Crippen molar-refractivity contribution in [2.24, 2.45) is 0 Å². The predicted octanol–water partition coefficient (Wildman–Crippen LogP) is 1.81. The first kappa shape index (κ1) is 10.3. The van der Waals surface area contributed by atoms with Crippen LogP contribution in [0, 0.1) is 17.1 Å². The Morgan fingerprint density at radius 3 is 2.71 bits per heavy atom. The number of nitrogen functional groups attached to an aromatic ring is 1. The molecule has 0 atom stereocenters. The molecule has 1 aromatic heterocycles. The molecular formula is C8H6F3N3. The van der Waals surface area contributed by atoms with Crippen molar-refractivity contribution in [3.8, 4) is 6.07 Å². The van der Waals surface area contributed by atoms with Crippen LogP contribution in [0.4, 0.5) is 18.9 Å². The van der Waals surface area contributed by atoms with E-state index in [-0.39, 0.29) is 12.0 Å². The SMILES string of the molecule is N#CCc1c(F)cnc(C(F)F)c1N. The van der Waals surface area contributed by atoms with E-state index in [0.717, 1.165) is 0 Å². The molecule has 74 valence electrons. The predicted molar refractivity (Wildman–Crippen MR) is 42.9 cm³/mol. The van der Waals surface area contributed by atoms with Crippen molar-refractivity contribution in [2.75, 3.05) is 5.73 Å². The standard InChI is InChI=1S/C8H6F3N3/c9-5-3-14-7(8(10)11)6(13)4(5)1-2-12/h3,8H,1,13H2. The van der Waals surface area contributed by atoms with Crippen LogP contribution in [-0.2, 0) is 6.42 Å². The van der Waals surface area contributed by atoms with Gasteiger partial charge in [0.25, 0.3) is 6.43 Å². The molecular weight excluding hydrogens is 195 g/mol. The highest BCUT2D eigenvalue weighted by Crippen LogP contribution is 2.27. The Hall–Kier alpha value is -1.77. The molecule has 0 aliphatic carbocycles. The van der Waals surface area contributed by atoms with Gasteiger partial charge in [-0.05, 0) is 0 Å². The third-order valence-corrected chi connectivity index (χ3v) is 1.67. The molecule has 3 nitrogen and oxygen atoms in total. The molecule has 0 aromatic carbocycles.